The second-order valence-electron chi connectivity index (χ2n) is 9.10. The number of benzene rings is 2. The molecule has 38 heavy (non-hydrogen) atoms. The van der Waals surface area contributed by atoms with Gasteiger partial charge in [0.25, 0.3) is 11.8 Å². The van der Waals surface area contributed by atoms with E-state index in [-0.39, 0.29) is 30.4 Å². The first-order valence-corrected chi connectivity index (χ1v) is 12.0. The Bertz CT molecular complexity index is 1330. The molecule has 200 valence electrons. The van der Waals surface area contributed by atoms with Gasteiger partial charge in [0.15, 0.2) is 17.2 Å². The number of nitrogens with one attached hydrogen (secondary N) is 2. The highest BCUT2D eigenvalue weighted by Gasteiger charge is 2.46. The monoisotopic (exact) mass is 521 g/mol. The molecule has 0 fully saturated rings. The number of likely N-dealkylation sites (N-methyl/N-ethyl adjacent to an activating group) is 1. The summed E-state index contributed by atoms with van der Waals surface area (Å²) >= 11 is 0. The number of hydrogen-bond acceptors (Lipinski definition) is 7. The van der Waals surface area contributed by atoms with Gasteiger partial charge in [-0.3, -0.25) is 19.1 Å². The maximum absolute atomic E-state index is 13.2. The summed E-state index contributed by atoms with van der Waals surface area (Å²) in [6.07, 6.45) is 0. The number of hydrogen-bond donors (Lipinski definition) is 2. The van der Waals surface area contributed by atoms with Gasteiger partial charge in [-0.15, -0.1) is 0 Å². The van der Waals surface area contributed by atoms with Gasteiger partial charge >= 0.3 is 0 Å². The maximum Gasteiger partial charge on any atom is 0.272 e. The lowest BCUT2D eigenvalue weighted by Gasteiger charge is -2.40. The average Bonchev–Trinajstić information content (AvgIpc) is 3.37. The second kappa shape index (κ2) is 10.8. The molecule has 1 aliphatic rings. The summed E-state index contributed by atoms with van der Waals surface area (Å²) in [4.78, 5) is 40.6. The van der Waals surface area contributed by atoms with Crippen molar-refractivity contribution in [3.05, 3.63) is 71.0 Å². The van der Waals surface area contributed by atoms with Crippen LogP contribution in [0.25, 0.3) is 0 Å². The van der Waals surface area contributed by atoms with Crippen LogP contribution < -0.4 is 24.8 Å². The summed E-state index contributed by atoms with van der Waals surface area (Å²) in [7, 11) is 6.11. The fourth-order valence-electron chi connectivity index (χ4n) is 4.32. The van der Waals surface area contributed by atoms with E-state index in [1.54, 1.807) is 26.1 Å². The van der Waals surface area contributed by atoms with Crippen LogP contribution in [0, 0.1) is 0 Å². The zero-order valence-corrected chi connectivity index (χ0v) is 22.0. The van der Waals surface area contributed by atoms with Crippen molar-refractivity contribution >= 4 is 17.7 Å². The number of methoxy groups -OCH3 is 3. The molecule has 11 heteroatoms. The smallest absolute Gasteiger partial charge is 0.272 e. The van der Waals surface area contributed by atoms with E-state index in [0.29, 0.717) is 23.8 Å². The maximum atomic E-state index is 13.2. The van der Waals surface area contributed by atoms with Gasteiger partial charge in [0.05, 0.1) is 27.9 Å². The number of rotatable bonds is 9. The largest absolute Gasteiger partial charge is 0.493 e. The Morgan fingerprint density at radius 1 is 0.947 bits per heavy atom. The molecule has 0 aliphatic carbocycles. The number of ether oxygens (including phenoxy) is 3. The Morgan fingerprint density at radius 3 is 2.18 bits per heavy atom. The Balaban J connectivity index is 1.48. The van der Waals surface area contributed by atoms with E-state index in [1.807, 2.05) is 30.3 Å². The Labute approximate surface area is 220 Å². The molecule has 2 N–H and O–H groups in total. The fraction of sp³-hybridized carbons (Fsp3) is 0.333. The van der Waals surface area contributed by atoms with E-state index in [0.717, 1.165) is 11.1 Å². The van der Waals surface area contributed by atoms with Crippen LogP contribution in [0.4, 0.5) is 0 Å². The van der Waals surface area contributed by atoms with Crippen molar-refractivity contribution < 1.29 is 28.6 Å². The number of carbonyl (C=O) groups excluding carboxylic acids is 3. The lowest BCUT2D eigenvalue weighted by Crippen LogP contribution is -2.62. The van der Waals surface area contributed by atoms with Crippen molar-refractivity contribution in [1.29, 1.82) is 0 Å². The van der Waals surface area contributed by atoms with Crippen molar-refractivity contribution in [3.63, 3.8) is 0 Å². The quantitative estimate of drug-likeness (QED) is 0.441. The first-order chi connectivity index (χ1) is 18.2. The molecule has 0 bridgehead atoms. The number of aromatic nitrogens is 2. The Hall–Kier alpha value is -4.54. The number of fused-ring (bicyclic) bond motifs is 1. The zero-order chi connectivity index (χ0) is 27.4. The van der Waals surface area contributed by atoms with E-state index in [9.17, 15) is 14.4 Å². The van der Waals surface area contributed by atoms with Gasteiger partial charge in [-0.2, -0.15) is 5.10 Å². The molecular weight excluding hydrogens is 490 g/mol. The molecule has 0 saturated carbocycles. The van der Waals surface area contributed by atoms with Crippen LogP contribution >= 0.6 is 0 Å². The first kappa shape index (κ1) is 26.5. The zero-order valence-electron chi connectivity index (χ0n) is 22.0. The average molecular weight is 522 g/mol. The van der Waals surface area contributed by atoms with Gasteiger partial charge in [0, 0.05) is 26.2 Å². The van der Waals surface area contributed by atoms with Gasteiger partial charge in [-0.05, 0) is 30.2 Å². The lowest BCUT2D eigenvalue weighted by molar-refractivity contribution is -0.132. The molecule has 2 heterocycles. The third kappa shape index (κ3) is 4.99. The number of carbonyl (C=O) groups is 3. The molecule has 3 amide bonds. The summed E-state index contributed by atoms with van der Waals surface area (Å²) in [6, 6.07) is 14.4. The predicted molar refractivity (Wildman–Crippen MR) is 138 cm³/mol. The van der Waals surface area contributed by atoms with Crippen LogP contribution in [0.1, 0.15) is 39.0 Å². The number of nitrogens with zero attached hydrogens (tertiary/aromatic N) is 3. The van der Waals surface area contributed by atoms with Crippen LogP contribution in [0.3, 0.4) is 0 Å². The lowest BCUT2D eigenvalue weighted by atomic mass is 9.96. The molecule has 3 aromatic rings. The molecule has 1 aliphatic heterocycles. The van der Waals surface area contributed by atoms with Crippen molar-refractivity contribution in [3.8, 4) is 17.2 Å². The minimum Gasteiger partial charge on any atom is -0.493 e. The van der Waals surface area contributed by atoms with Crippen LogP contribution in [0.15, 0.2) is 48.5 Å². The van der Waals surface area contributed by atoms with E-state index < -0.39 is 17.4 Å². The SMILES string of the molecule is COc1cc(CNC(=O)c2cc3n(n2)CC(C)(C(=O)NCc2ccccc2)N(C)C3=O)cc(OC)c1OC. The van der Waals surface area contributed by atoms with Gasteiger partial charge in [0.1, 0.15) is 11.2 Å². The van der Waals surface area contributed by atoms with Crippen molar-refractivity contribution in [2.24, 2.45) is 0 Å². The fourth-order valence-corrected chi connectivity index (χ4v) is 4.32. The minimum atomic E-state index is -1.19. The highest BCUT2D eigenvalue weighted by Crippen LogP contribution is 2.38. The third-order valence-corrected chi connectivity index (χ3v) is 6.70. The molecule has 1 aromatic heterocycles. The van der Waals surface area contributed by atoms with Crippen LogP contribution in [-0.2, 0) is 24.4 Å². The third-order valence-electron chi connectivity index (χ3n) is 6.70. The minimum absolute atomic E-state index is 0.0723. The molecule has 2 aromatic carbocycles. The van der Waals surface area contributed by atoms with Gasteiger partial charge in [0.2, 0.25) is 11.7 Å². The summed E-state index contributed by atoms with van der Waals surface area (Å²) < 4.78 is 17.5. The molecular formula is C27H31N5O6. The molecule has 11 nitrogen and oxygen atoms in total. The molecule has 1 unspecified atom stereocenters. The topological polar surface area (TPSA) is 124 Å². The molecule has 0 saturated heterocycles. The van der Waals surface area contributed by atoms with Crippen molar-refractivity contribution in [2.75, 3.05) is 28.4 Å². The van der Waals surface area contributed by atoms with Crippen LogP contribution in [0.2, 0.25) is 0 Å². The van der Waals surface area contributed by atoms with Gasteiger partial charge in [-0.1, -0.05) is 30.3 Å². The van der Waals surface area contributed by atoms with Crippen molar-refractivity contribution in [2.45, 2.75) is 32.1 Å². The van der Waals surface area contributed by atoms with Gasteiger partial charge < -0.3 is 29.7 Å². The Morgan fingerprint density at radius 2 is 1.58 bits per heavy atom. The molecule has 0 radical (unpaired) electrons. The summed E-state index contributed by atoms with van der Waals surface area (Å²) in [6.45, 7) is 2.27. The van der Waals surface area contributed by atoms with Gasteiger partial charge in [-0.25, -0.2) is 0 Å². The van der Waals surface area contributed by atoms with Crippen molar-refractivity contribution in [1.82, 2.24) is 25.3 Å². The van der Waals surface area contributed by atoms with Crippen LogP contribution in [-0.4, -0.2) is 66.3 Å². The molecule has 0 spiro atoms. The molecule has 4 rings (SSSR count). The molecule has 1 atom stereocenters. The van der Waals surface area contributed by atoms with E-state index in [4.69, 9.17) is 14.2 Å². The first-order valence-electron chi connectivity index (χ1n) is 12.0. The number of amides is 3. The predicted octanol–water partition coefficient (Wildman–Crippen LogP) is 2.00. The van der Waals surface area contributed by atoms with E-state index in [1.165, 1.54) is 37.0 Å². The van der Waals surface area contributed by atoms with E-state index >= 15 is 0 Å². The summed E-state index contributed by atoms with van der Waals surface area (Å²) in [5.74, 6) is 0.201. The standard InChI is InChI=1S/C27H31N5O6/c1-27(26(35)29-14-17-9-7-6-8-10-17)16-32-20(25(34)31(27)2)13-19(30-32)24(33)28-15-18-11-21(36-3)23(38-5)22(12-18)37-4/h6-13H,14-16H2,1-5H3,(H,28,33)(H,29,35). The summed E-state index contributed by atoms with van der Waals surface area (Å²) in [5.41, 5.74) is 0.784. The summed E-state index contributed by atoms with van der Waals surface area (Å²) in [5, 5.41) is 10.1. The Kier molecular flexibility index (Phi) is 7.56. The van der Waals surface area contributed by atoms with E-state index in [2.05, 4.69) is 15.7 Å². The highest BCUT2D eigenvalue weighted by molar-refractivity contribution is 6.01. The highest BCUT2D eigenvalue weighted by atomic mass is 16.5. The normalized spacial score (nSPS) is 16.4. The van der Waals surface area contributed by atoms with Crippen LogP contribution in [0.5, 0.6) is 17.2 Å². The second-order valence-corrected chi connectivity index (χ2v) is 9.10.